The molecule has 2 aromatic heterocycles. The van der Waals surface area contributed by atoms with Crippen LogP contribution in [0.3, 0.4) is 0 Å². The van der Waals surface area contributed by atoms with Gasteiger partial charge in [-0.1, -0.05) is 36.4 Å². The molecule has 1 saturated heterocycles. The van der Waals surface area contributed by atoms with Crippen molar-refractivity contribution in [3.63, 3.8) is 0 Å². The van der Waals surface area contributed by atoms with E-state index in [1.165, 1.54) is 6.92 Å². The summed E-state index contributed by atoms with van der Waals surface area (Å²) in [5.74, 6) is -0.204. The van der Waals surface area contributed by atoms with Crippen molar-refractivity contribution in [2.45, 2.75) is 38.8 Å². The van der Waals surface area contributed by atoms with E-state index in [-0.39, 0.29) is 17.9 Å². The van der Waals surface area contributed by atoms with Crippen molar-refractivity contribution in [1.82, 2.24) is 23.6 Å². The van der Waals surface area contributed by atoms with Gasteiger partial charge < -0.3 is 15.2 Å². The molecular formula is C30H33F4N7O2. The SMILES string of the molecule is Cc1c(N2CCN(Cc3nccn3C)CC2)c(=O)n(C[C@H](N)c2ccccc2)c(=O)n1Cc1c(F)cccc1C(F)(F)F. The molecule has 0 amide bonds. The van der Waals surface area contributed by atoms with Crippen LogP contribution in [-0.2, 0) is 32.9 Å². The van der Waals surface area contributed by atoms with Crippen LogP contribution in [0.5, 0.6) is 0 Å². The average Bonchev–Trinajstić information content (AvgIpc) is 3.38. The van der Waals surface area contributed by atoms with Crippen molar-refractivity contribution in [3.05, 3.63) is 116 Å². The molecule has 4 aromatic rings. The molecule has 0 unspecified atom stereocenters. The van der Waals surface area contributed by atoms with Crippen LogP contribution in [0.2, 0.25) is 0 Å². The van der Waals surface area contributed by atoms with Gasteiger partial charge in [-0.2, -0.15) is 13.2 Å². The van der Waals surface area contributed by atoms with Crippen molar-refractivity contribution in [1.29, 1.82) is 0 Å². The second-order valence-corrected chi connectivity index (χ2v) is 10.7. The zero-order valence-electron chi connectivity index (χ0n) is 23.9. The second kappa shape index (κ2) is 12.2. The zero-order valence-corrected chi connectivity index (χ0v) is 23.9. The van der Waals surface area contributed by atoms with Gasteiger partial charge in [-0.05, 0) is 24.6 Å². The van der Waals surface area contributed by atoms with Gasteiger partial charge in [-0.3, -0.25) is 18.8 Å². The second-order valence-electron chi connectivity index (χ2n) is 10.7. The summed E-state index contributed by atoms with van der Waals surface area (Å²) in [7, 11) is 1.91. The lowest BCUT2D eigenvalue weighted by atomic mass is 10.1. The Bertz CT molecular complexity index is 1700. The number of aromatic nitrogens is 4. The van der Waals surface area contributed by atoms with Crippen molar-refractivity contribution < 1.29 is 17.6 Å². The van der Waals surface area contributed by atoms with Crippen LogP contribution in [0.4, 0.5) is 23.2 Å². The fourth-order valence-electron chi connectivity index (χ4n) is 5.52. The van der Waals surface area contributed by atoms with E-state index in [1.54, 1.807) is 36.5 Å². The summed E-state index contributed by atoms with van der Waals surface area (Å²) >= 11 is 0. The number of halogens is 4. The summed E-state index contributed by atoms with van der Waals surface area (Å²) in [6.07, 6.45) is -1.26. The van der Waals surface area contributed by atoms with Crippen LogP contribution in [-0.4, -0.2) is 49.8 Å². The number of nitrogens with two attached hydrogens (primary N) is 1. The quantitative estimate of drug-likeness (QED) is 0.313. The fourth-order valence-corrected chi connectivity index (χ4v) is 5.52. The molecule has 13 heteroatoms. The summed E-state index contributed by atoms with van der Waals surface area (Å²) in [5.41, 5.74) is 4.11. The maximum absolute atomic E-state index is 14.9. The van der Waals surface area contributed by atoms with Crippen molar-refractivity contribution >= 4 is 5.69 Å². The number of nitrogens with zero attached hydrogens (tertiary/aromatic N) is 6. The molecule has 0 saturated carbocycles. The van der Waals surface area contributed by atoms with Gasteiger partial charge in [-0.15, -0.1) is 0 Å². The van der Waals surface area contributed by atoms with Gasteiger partial charge >= 0.3 is 11.9 Å². The van der Waals surface area contributed by atoms with Crippen LogP contribution in [0, 0.1) is 12.7 Å². The Morgan fingerprint density at radius 3 is 2.28 bits per heavy atom. The minimum absolute atomic E-state index is 0.161. The number of alkyl halides is 3. The third kappa shape index (κ3) is 6.27. The summed E-state index contributed by atoms with van der Waals surface area (Å²) in [4.78, 5) is 36.1. The van der Waals surface area contributed by atoms with Gasteiger partial charge in [0.25, 0.3) is 5.56 Å². The number of piperazine rings is 1. The molecule has 9 nitrogen and oxygen atoms in total. The average molecular weight is 600 g/mol. The Kier molecular flexibility index (Phi) is 8.56. The molecule has 0 bridgehead atoms. The lowest BCUT2D eigenvalue weighted by Crippen LogP contribution is -2.51. The fraction of sp³-hybridized carbons (Fsp3) is 0.367. The predicted molar refractivity (Wildman–Crippen MR) is 154 cm³/mol. The van der Waals surface area contributed by atoms with Gasteiger partial charge in [0, 0.05) is 62.9 Å². The van der Waals surface area contributed by atoms with Gasteiger partial charge in [0.1, 0.15) is 17.3 Å². The van der Waals surface area contributed by atoms with Gasteiger partial charge in [-0.25, -0.2) is 14.2 Å². The molecule has 228 valence electrons. The molecule has 2 N–H and O–H groups in total. The third-order valence-corrected chi connectivity index (χ3v) is 7.98. The Balaban J connectivity index is 1.55. The van der Waals surface area contributed by atoms with Crippen molar-refractivity contribution in [2.75, 3.05) is 31.1 Å². The van der Waals surface area contributed by atoms with Gasteiger partial charge in [0.05, 0.1) is 25.2 Å². The number of aryl methyl sites for hydroxylation is 1. The standard InChI is InChI=1S/C30H33F4N7O2/c1-20-27(39-15-13-38(14-16-39)19-26-36-11-12-37(26)2)28(42)41(18-25(35)21-7-4-3-5-8-21)29(43)40(20)17-22-23(30(32,33)34)9-6-10-24(22)31/h3-12,25H,13-19,35H2,1-2H3/t25-/m0/s1. The van der Waals surface area contributed by atoms with Gasteiger partial charge in [0.15, 0.2) is 0 Å². The lowest BCUT2D eigenvalue weighted by molar-refractivity contribution is -0.138. The van der Waals surface area contributed by atoms with Crippen LogP contribution < -0.4 is 21.9 Å². The molecule has 1 atom stereocenters. The van der Waals surface area contributed by atoms with E-state index in [4.69, 9.17) is 5.73 Å². The summed E-state index contributed by atoms with van der Waals surface area (Å²) in [6, 6.07) is 10.8. The Labute approximate surface area is 245 Å². The number of rotatable bonds is 8. The normalized spacial score (nSPS) is 15.2. The lowest BCUT2D eigenvalue weighted by Gasteiger charge is -2.36. The molecule has 0 spiro atoms. The Morgan fingerprint density at radius 1 is 0.953 bits per heavy atom. The van der Waals surface area contributed by atoms with Crippen LogP contribution in [0.15, 0.2) is 70.5 Å². The molecule has 0 aliphatic carbocycles. The summed E-state index contributed by atoms with van der Waals surface area (Å²) in [5, 5.41) is 0. The van der Waals surface area contributed by atoms with Crippen molar-refractivity contribution in [3.8, 4) is 0 Å². The molecule has 43 heavy (non-hydrogen) atoms. The molecule has 5 rings (SSSR count). The van der Waals surface area contributed by atoms with E-state index < -0.39 is 47.0 Å². The van der Waals surface area contributed by atoms with Gasteiger partial charge in [0.2, 0.25) is 0 Å². The first-order valence-corrected chi connectivity index (χ1v) is 13.9. The maximum atomic E-state index is 14.9. The molecule has 3 heterocycles. The van der Waals surface area contributed by atoms with E-state index in [2.05, 4.69) is 9.88 Å². The smallest absolute Gasteiger partial charge is 0.363 e. The zero-order chi connectivity index (χ0) is 30.9. The predicted octanol–water partition coefficient (Wildman–Crippen LogP) is 3.28. The molecule has 2 aromatic carbocycles. The maximum Gasteiger partial charge on any atom is 0.416 e. The first kappa shape index (κ1) is 30.2. The van der Waals surface area contributed by atoms with Crippen LogP contribution in [0.1, 0.15) is 34.3 Å². The molecule has 1 aliphatic heterocycles. The number of benzene rings is 2. The highest BCUT2D eigenvalue weighted by molar-refractivity contribution is 5.50. The first-order chi connectivity index (χ1) is 20.5. The number of imidazole rings is 1. The van der Waals surface area contributed by atoms with Crippen molar-refractivity contribution in [2.24, 2.45) is 12.8 Å². The number of hydrogen-bond acceptors (Lipinski definition) is 6. The van der Waals surface area contributed by atoms with E-state index >= 15 is 0 Å². The summed E-state index contributed by atoms with van der Waals surface area (Å²) in [6.45, 7) is 3.22. The monoisotopic (exact) mass is 599 g/mol. The van der Waals surface area contributed by atoms with E-state index in [1.807, 2.05) is 22.7 Å². The molecular weight excluding hydrogens is 566 g/mol. The molecule has 1 fully saturated rings. The summed E-state index contributed by atoms with van der Waals surface area (Å²) < 4.78 is 60.4. The number of hydrogen-bond donors (Lipinski definition) is 1. The van der Waals surface area contributed by atoms with Crippen LogP contribution >= 0.6 is 0 Å². The first-order valence-electron chi connectivity index (χ1n) is 13.9. The largest absolute Gasteiger partial charge is 0.416 e. The highest BCUT2D eigenvalue weighted by Gasteiger charge is 2.35. The third-order valence-electron chi connectivity index (χ3n) is 7.98. The molecule has 0 radical (unpaired) electrons. The van der Waals surface area contributed by atoms with E-state index in [0.29, 0.717) is 38.3 Å². The Hall–Kier alpha value is -4.23. The van der Waals surface area contributed by atoms with E-state index in [9.17, 15) is 27.2 Å². The molecule has 1 aliphatic rings. The van der Waals surface area contributed by atoms with Crippen LogP contribution in [0.25, 0.3) is 0 Å². The Morgan fingerprint density at radius 2 is 1.65 bits per heavy atom. The highest BCUT2D eigenvalue weighted by atomic mass is 19.4. The highest BCUT2D eigenvalue weighted by Crippen LogP contribution is 2.33. The van der Waals surface area contributed by atoms with E-state index in [0.717, 1.165) is 33.2 Å². The minimum atomic E-state index is -4.84. The topological polar surface area (TPSA) is 94.3 Å². The number of anilines is 1. The minimum Gasteiger partial charge on any atom is -0.363 e.